The molecule has 0 bridgehead atoms. The third-order valence-corrected chi connectivity index (χ3v) is 4.39. The van der Waals surface area contributed by atoms with Gasteiger partial charge < -0.3 is 10.1 Å². The lowest BCUT2D eigenvalue weighted by molar-refractivity contribution is -0.118. The van der Waals surface area contributed by atoms with Crippen LogP contribution >= 0.6 is 11.6 Å². The molecule has 0 saturated carbocycles. The summed E-state index contributed by atoms with van der Waals surface area (Å²) in [5.41, 5.74) is 1.96. The van der Waals surface area contributed by atoms with Gasteiger partial charge in [-0.05, 0) is 49.2 Å². The molecule has 0 spiro atoms. The minimum absolute atomic E-state index is 0.223. The Labute approximate surface area is 161 Å². The first-order chi connectivity index (χ1) is 13.0. The number of halogens is 1. The molecule has 0 aliphatic carbocycles. The van der Waals surface area contributed by atoms with Crippen LogP contribution in [-0.4, -0.2) is 27.3 Å². The average molecular weight is 382 g/mol. The number of benzene rings is 1. The first-order valence-corrected chi connectivity index (χ1v) is 8.46. The number of anilines is 1. The standard InChI is InChI=1S/C19H16ClN5O2/c1-12-7-15(8-13(2)18(12)20)27-11-17(26)24-19-14(9-21)10-23-25(19)16-5-3-4-6-22-16/h3-8,10H,11H2,1-2H3,(H,24,26). The highest BCUT2D eigenvalue weighted by atomic mass is 35.5. The molecule has 0 saturated heterocycles. The molecule has 27 heavy (non-hydrogen) atoms. The Morgan fingerprint density at radius 2 is 2.07 bits per heavy atom. The topological polar surface area (TPSA) is 92.8 Å². The lowest BCUT2D eigenvalue weighted by Crippen LogP contribution is -2.22. The van der Waals surface area contributed by atoms with Crippen molar-refractivity contribution in [2.24, 2.45) is 0 Å². The number of rotatable bonds is 5. The van der Waals surface area contributed by atoms with Gasteiger partial charge in [-0.15, -0.1) is 0 Å². The summed E-state index contributed by atoms with van der Waals surface area (Å²) in [5.74, 6) is 0.852. The van der Waals surface area contributed by atoms with Gasteiger partial charge in [0.2, 0.25) is 0 Å². The van der Waals surface area contributed by atoms with E-state index in [0.29, 0.717) is 16.6 Å². The van der Waals surface area contributed by atoms with Crippen molar-refractivity contribution in [2.75, 3.05) is 11.9 Å². The van der Waals surface area contributed by atoms with E-state index in [1.54, 1.807) is 36.5 Å². The first-order valence-electron chi connectivity index (χ1n) is 8.08. The zero-order valence-corrected chi connectivity index (χ0v) is 15.5. The predicted molar refractivity (Wildman–Crippen MR) is 101 cm³/mol. The normalized spacial score (nSPS) is 10.3. The van der Waals surface area contributed by atoms with Crippen molar-refractivity contribution < 1.29 is 9.53 Å². The fourth-order valence-corrected chi connectivity index (χ4v) is 2.62. The Morgan fingerprint density at radius 3 is 2.70 bits per heavy atom. The van der Waals surface area contributed by atoms with Gasteiger partial charge in [0, 0.05) is 11.2 Å². The number of ether oxygens (including phenoxy) is 1. The number of amides is 1. The van der Waals surface area contributed by atoms with Crippen LogP contribution in [0, 0.1) is 25.2 Å². The lowest BCUT2D eigenvalue weighted by atomic mass is 10.1. The minimum Gasteiger partial charge on any atom is -0.484 e. The van der Waals surface area contributed by atoms with Gasteiger partial charge in [-0.2, -0.15) is 15.0 Å². The molecule has 7 nitrogen and oxygen atoms in total. The molecule has 8 heteroatoms. The minimum atomic E-state index is -0.422. The summed E-state index contributed by atoms with van der Waals surface area (Å²) in [5, 5.41) is 16.7. The summed E-state index contributed by atoms with van der Waals surface area (Å²) in [4.78, 5) is 16.5. The van der Waals surface area contributed by atoms with E-state index in [1.165, 1.54) is 10.9 Å². The molecule has 136 valence electrons. The van der Waals surface area contributed by atoms with Crippen LogP contribution in [0.4, 0.5) is 5.82 Å². The van der Waals surface area contributed by atoms with Crippen molar-refractivity contribution in [3.05, 3.63) is 64.4 Å². The molecular formula is C19H16ClN5O2. The van der Waals surface area contributed by atoms with E-state index in [0.717, 1.165) is 11.1 Å². The van der Waals surface area contributed by atoms with Crippen LogP contribution in [0.2, 0.25) is 5.02 Å². The Bertz CT molecular complexity index is 1000. The SMILES string of the molecule is Cc1cc(OCC(=O)Nc2c(C#N)cnn2-c2ccccn2)cc(C)c1Cl. The highest BCUT2D eigenvalue weighted by Crippen LogP contribution is 2.26. The molecule has 0 aliphatic heterocycles. The van der Waals surface area contributed by atoms with Crippen molar-refractivity contribution >= 4 is 23.3 Å². The zero-order chi connectivity index (χ0) is 19.4. The quantitative estimate of drug-likeness (QED) is 0.730. The number of pyridine rings is 1. The van der Waals surface area contributed by atoms with E-state index >= 15 is 0 Å². The number of hydrogen-bond donors (Lipinski definition) is 1. The smallest absolute Gasteiger partial charge is 0.263 e. The number of nitrogens with zero attached hydrogens (tertiary/aromatic N) is 4. The number of nitrogens with one attached hydrogen (secondary N) is 1. The van der Waals surface area contributed by atoms with Gasteiger partial charge in [-0.1, -0.05) is 17.7 Å². The Hall–Kier alpha value is -3.37. The van der Waals surface area contributed by atoms with Gasteiger partial charge in [0.05, 0.1) is 6.20 Å². The van der Waals surface area contributed by atoms with Gasteiger partial charge >= 0.3 is 0 Å². The maximum Gasteiger partial charge on any atom is 0.263 e. The van der Waals surface area contributed by atoms with Crippen molar-refractivity contribution in [1.82, 2.24) is 14.8 Å². The summed E-state index contributed by atoms with van der Waals surface area (Å²) in [6.07, 6.45) is 2.97. The number of carbonyl (C=O) groups excluding carboxylic acids is 1. The van der Waals surface area contributed by atoms with Gasteiger partial charge in [0.25, 0.3) is 5.91 Å². The van der Waals surface area contributed by atoms with Crippen LogP contribution in [0.1, 0.15) is 16.7 Å². The molecule has 2 heterocycles. The fourth-order valence-electron chi connectivity index (χ4n) is 2.51. The second-order valence-electron chi connectivity index (χ2n) is 5.83. The Kier molecular flexibility index (Phi) is 5.38. The molecule has 1 amide bonds. The number of nitriles is 1. The Morgan fingerprint density at radius 1 is 1.33 bits per heavy atom. The van der Waals surface area contributed by atoms with E-state index < -0.39 is 5.91 Å². The molecule has 0 radical (unpaired) electrons. The molecule has 0 aliphatic rings. The Balaban J connectivity index is 1.75. The van der Waals surface area contributed by atoms with Crippen molar-refractivity contribution in [3.8, 4) is 17.6 Å². The van der Waals surface area contributed by atoms with Crippen LogP contribution in [0.25, 0.3) is 5.82 Å². The maximum absolute atomic E-state index is 12.3. The number of aryl methyl sites for hydroxylation is 2. The third kappa shape index (κ3) is 4.07. The zero-order valence-electron chi connectivity index (χ0n) is 14.7. The number of aromatic nitrogens is 3. The second kappa shape index (κ2) is 7.89. The summed E-state index contributed by atoms with van der Waals surface area (Å²) in [7, 11) is 0. The van der Waals surface area contributed by atoms with Crippen molar-refractivity contribution in [1.29, 1.82) is 5.26 Å². The largest absolute Gasteiger partial charge is 0.484 e. The molecule has 3 aromatic rings. The fraction of sp³-hybridized carbons (Fsp3) is 0.158. The summed E-state index contributed by atoms with van der Waals surface area (Å²) in [6.45, 7) is 3.51. The molecule has 2 aromatic heterocycles. The molecule has 1 aromatic carbocycles. The summed E-state index contributed by atoms with van der Waals surface area (Å²) in [6, 6.07) is 10.8. The summed E-state index contributed by atoms with van der Waals surface area (Å²) >= 11 is 6.14. The first kappa shape index (κ1) is 18.4. The van der Waals surface area contributed by atoms with E-state index in [4.69, 9.17) is 16.3 Å². The van der Waals surface area contributed by atoms with Crippen LogP contribution in [0.3, 0.4) is 0 Å². The second-order valence-corrected chi connectivity index (χ2v) is 6.20. The maximum atomic E-state index is 12.3. The molecule has 0 fully saturated rings. The number of hydrogen-bond acceptors (Lipinski definition) is 5. The van der Waals surface area contributed by atoms with Gasteiger partial charge in [-0.25, -0.2) is 4.98 Å². The van der Waals surface area contributed by atoms with Crippen LogP contribution in [0.15, 0.2) is 42.7 Å². The van der Waals surface area contributed by atoms with Crippen LogP contribution in [-0.2, 0) is 4.79 Å². The number of carbonyl (C=O) groups is 1. The summed E-state index contributed by atoms with van der Waals surface area (Å²) < 4.78 is 6.95. The molecular weight excluding hydrogens is 366 g/mol. The van der Waals surface area contributed by atoms with E-state index in [-0.39, 0.29) is 18.0 Å². The molecule has 0 unspecified atom stereocenters. The highest BCUT2D eigenvalue weighted by Gasteiger charge is 2.16. The highest BCUT2D eigenvalue weighted by molar-refractivity contribution is 6.32. The lowest BCUT2D eigenvalue weighted by Gasteiger charge is -2.11. The van der Waals surface area contributed by atoms with Crippen molar-refractivity contribution in [3.63, 3.8) is 0 Å². The van der Waals surface area contributed by atoms with E-state index in [9.17, 15) is 10.1 Å². The third-order valence-electron chi connectivity index (χ3n) is 3.79. The molecule has 3 rings (SSSR count). The molecule has 1 N–H and O–H groups in total. The van der Waals surface area contributed by atoms with Crippen molar-refractivity contribution in [2.45, 2.75) is 13.8 Å². The van der Waals surface area contributed by atoms with E-state index in [1.807, 2.05) is 19.9 Å². The van der Waals surface area contributed by atoms with Gasteiger partial charge in [0.15, 0.2) is 18.2 Å². The average Bonchev–Trinajstić information content (AvgIpc) is 3.07. The van der Waals surface area contributed by atoms with Crippen LogP contribution in [0.5, 0.6) is 5.75 Å². The van der Waals surface area contributed by atoms with Crippen LogP contribution < -0.4 is 10.1 Å². The van der Waals surface area contributed by atoms with Gasteiger partial charge in [0.1, 0.15) is 17.4 Å². The van der Waals surface area contributed by atoms with Gasteiger partial charge in [-0.3, -0.25) is 4.79 Å². The van der Waals surface area contributed by atoms with E-state index in [2.05, 4.69) is 15.4 Å². The molecule has 0 atom stereocenters. The monoisotopic (exact) mass is 381 g/mol. The predicted octanol–water partition coefficient (Wildman–Crippen LogP) is 3.43.